The number of hydrogen-bond acceptors (Lipinski definition) is 4. The van der Waals surface area contributed by atoms with Gasteiger partial charge in [0, 0.05) is 22.9 Å². The Morgan fingerprint density at radius 2 is 2.16 bits per heavy atom. The lowest BCUT2D eigenvalue weighted by Gasteiger charge is -2.10. The Balaban J connectivity index is 2.35. The maximum Gasteiger partial charge on any atom is 0.212 e. The minimum Gasteiger partial charge on any atom is -0.399 e. The molecule has 3 N–H and O–H groups in total. The summed E-state index contributed by atoms with van der Waals surface area (Å²) >= 11 is 1.50. The molecular weight excluding hydrogens is 280 g/mol. The Hall–Kier alpha value is -0.720. The van der Waals surface area contributed by atoms with Crippen LogP contribution in [0.15, 0.2) is 29.2 Å². The van der Waals surface area contributed by atoms with Crippen LogP contribution in [-0.2, 0) is 10.0 Å². The Morgan fingerprint density at radius 1 is 1.42 bits per heavy atom. The number of nitrogens with two attached hydrogens (primary N) is 1. The van der Waals surface area contributed by atoms with Crippen LogP contribution in [0.2, 0.25) is 0 Å². The molecule has 108 valence electrons. The summed E-state index contributed by atoms with van der Waals surface area (Å²) in [4.78, 5) is 0.997. The normalized spacial score (nSPS) is 13.4. The molecule has 0 amide bonds. The summed E-state index contributed by atoms with van der Waals surface area (Å²) in [5, 5.41) is 0. The highest BCUT2D eigenvalue weighted by atomic mass is 32.2. The number of rotatable bonds is 8. The Kier molecular flexibility index (Phi) is 6.68. The van der Waals surface area contributed by atoms with E-state index >= 15 is 0 Å². The van der Waals surface area contributed by atoms with E-state index in [4.69, 9.17) is 5.73 Å². The molecule has 0 saturated carbocycles. The number of anilines is 1. The third-order valence-corrected chi connectivity index (χ3v) is 5.43. The van der Waals surface area contributed by atoms with Crippen molar-refractivity contribution in [3.63, 3.8) is 0 Å². The fraction of sp³-hybridized carbons (Fsp3) is 0.538. The molecule has 1 atom stereocenters. The van der Waals surface area contributed by atoms with Gasteiger partial charge in [-0.15, -0.1) is 11.8 Å². The maximum absolute atomic E-state index is 11.8. The molecule has 19 heavy (non-hydrogen) atoms. The van der Waals surface area contributed by atoms with Crippen LogP contribution in [-0.4, -0.2) is 26.5 Å². The van der Waals surface area contributed by atoms with Crippen molar-refractivity contribution in [2.45, 2.75) is 25.2 Å². The molecule has 0 bridgehead atoms. The van der Waals surface area contributed by atoms with E-state index in [0.717, 1.165) is 11.3 Å². The van der Waals surface area contributed by atoms with Gasteiger partial charge in [-0.2, -0.15) is 0 Å². The van der Waals surface area contributed by atoms with Crippen molar-refractivity contribution in [3.05, 3.63) is 24.3 Å². The van der Waals surface area contributed by atoms with Crippen LogP contribution >= 0.6 is 11.8 Å². The van der Waals surface area contributed by atoms with Gasteiger partial charge in [0.2, 0.25) is 10.0 Å². The molecule has 0 heterocycles. The fourth-order valence-electron chi connectivity index (χ4n) is 1.36. The van der Waals surface area contributed by atoms with E-state index in [1.54, 1.807) is 0 Å². The van der Waals surface area contributed by atoms with Gasteiger partial charge in [0.15, 0.2) is 0 Å². The topological polar surface area (TPSA) is 72.2 Å². The molecule has 1 aromatic rings. The van der Waals surface area contributed by atoms with Crippen molar-refractivity contribution in [2.75, 3.05) is 23.8 Å². The zero-order valence-electron chi connectivity index (χ0n) is 11.4. The first-order valence-electron chi connectivity index (χ1n) is 6.38. The molecule has 0 fully saturated rings. The Labute approximate surface area is 120 Å². The van der Waals surface area contributed by atoms with Gasteiger partial charge in [-0.1, -0.05) is 26.3 Å². The Bertz CT molecular complexity index is 489. The van der Waals surface area contributed by atoms with Gasteiger partial charge < -0.3 is 5.73 Å². The van der Waals surface area contributed by atoms with Crippen molar-refractivity contribution in [1.82, 2.24) is 4.72 Å². The van der Waals surface area contributed by atoms with Crippen molar-refractivity contribution in [2.24, 2.45) is 5.92 Å². The average Bonchev–Trinajstić information content (AvgIpc) is 2.36. The number of sulfonamides is 1. The summed E-state index contributed by atoms with van der Waals surface area (Å²) in [5.74, 6) is 1.03. The van der Waals surface area contributed by atoms with E-state index < -0.39 is 10.0 Å². The molecule has 1 aromatic carbocycles. The second-order valence-corrected chi connectivity index (χ2v) is 7.70. The molecular formula is C13H22N2O2S2. The molecule has 1 unspecified atom stereocenters. The van der Waals surface area contributed by atoms with Gasteiger partial charge in [0.05, 0.1) is 5.75 Å². The maximum atomic E-state index is 11.8. The van der Waals surface area contributed by atoms with Crippen LogP contribution < -0.4 is 10.5 Å². The van der Waals surface area contributed by atoms with E-state index in [9.17, 15) is 8.42 Å². The van der Waals surface area contributed by atoms with Crippen molar-refractivity contribution in [3.8, 4) is 0 Å². The second kappa shape index (κ2) is 7.77. The highest BCUT2D eigenvalue weighted by Gasteiger charge is 2.11. The van der Waals surface area contributed by atoms with Gasteiger partial charge in [0.1, 0.15) is 0 Å². The first-order chi connectivity index (χ1) is 8.93. The monoisotopic (exact) mass is 302 g/mol. The number of thioether (sulfide) groups is 1. The summed E-state index contributed by atoms with van der Waals surface area (Å²) in [5.41, 5.74) is 6.37. The highest BCUT2D eigenvalue weighted by molar-refractivity contribution is 8.00. The lowest BCUT2D eigenvalue weighted by Crippen LogP contribution is -2.31. The SMILES string of the molecule is CCC(C)CNS(=O)(=O)CCSc1cccc(N)c1. The number of hydrogen-bond donors (Lipinski definition) is 2. The standard InChI is InChI=1S/C13H22N2O2S2/c1-3-11(2)10-15-19(16,17)8-7-18-13-6-4-5-12(14)9-13/h4-6,9,11,15H,3,7-8,10,14H2,1-2H3. The van der Waals surface area contributed by atoms with E-state index in [2.05, 4.69) is 11.6 Å². The molecule has 0 aromatic heterocycles. The summed E-state index contributed by atoms with van der Waals surface area (Å²) in [6, 6.07) is 7.46. The van der Waals surface area contributed by atoms with Crippen LogP contribution in [0.1, 0.15) is 20.3 Å². The molecule has 4 nitrogen and oxygen atoms in total. The molecule has 0 radical (unpaired) electrons. The fourth-order valence-corrected chi connectivity index (χ4v) is 3.88. The molecule has 0 spiro atoms. The minimum atomic E-state index is -3.17. The smallest absolute Gasteiger partial charge is 0.212 e. The minimum absolute atomic E-state index is 0.128. The predicted molar refractivity (Wildman–Crippen MR) is 82.8 cm³/mol. The molecule has 0 saturated heterocycles. The number of nitrogen functional groups attached to an aromatic ring is 1. The lowest BCUT2D eigenvalue weighted by atomic mass is 10.1. The van der Waals surface area contributed by atoms with Crippen molar-refractivity contribution >= 4 is 27.5 Å². The van der Waals surface area contributed by atoms with Gasteiger partial charge in [0.25, 0.3) is 0 Å². The van der Waals surface area contributed by atoms with Gasteiger partial charge in [-0.25, -0.2) is 13.1 Å². The summed E-state index contributed by atoms with van der Waals surface area (Å²) < 4.78 is 26.2. The molecule has 0 aliphatic rings. The van der Waals surface area contributed by atoms with Gasteiger partial charge in [-0.05, 0) is 24.1 Å². The van der Waals surface area contributed by atoms with Crippen LogP contribution in [0.4, 0.5) is 5.69 Å². The van der Waals surface area contributed by atoms with Crippen molar-refractivity contribution < 1.29 is 8.42 Å². The molecule has 0 aliphatic heterocycles. The highest BCUT2D eigenvalue weighted by Crippen LogP contribution is 2.20. The van der Waals surface area contributed by atoms with Crippen LogP contribution in [0.3, 0.4) is 0 Å². The summed E-state index contributed by atoms with van der Waals surface area (Å²) in [7, 11) is -3.17. The van der Waals surface area contributed by atoms with Crippen molar-refractivity contribution in [1.29, 1.82) is 0 Å². The molecule has 1 rings (SSSR count). The van der Waals surface area contributed by atoms with Crippen LogP contribution in [0.25, 0.3) is 0 Å². The number of nitrogens with one attached hydrogen (secondary N) is 1. The first-order valence-corrected chi connectivity index (χ1v) is 9.02. The summed E-state index contributed by atoms with van der Waals surface area (Å²) in [6.45, 7) is 4.60. The van der Waals surface area contributed by atoms with Crippen LogP contribution in [0, 0.1) is 5.92 Å². The molecule has 0 aliphatic carbocycles. The van der Waals surface area contributed by atoms with E-state index in [1.807, 2.05) is 31.2 Å². The third kappa shape index (κ3) is 6.84. The molecule has 6 heteroatoms. The van der Waals surface area contributed by atoms with Gasteiger partial charge >= 0.3 is 0 Å². The average molecular weight is 302 g/mol. The quantitative estimate of drug-likeness (QED) is 0.571. The van der Waals surface area contributed by atoms with Gasteiger partial charge in [-0.3, -0.25) is 0 Å². The third-order valence-electron chi connectivity index (χ3n) is 2.83. The van der Waals surface area contributed by atoms with E-state index in [-0.39, 0.29) is 5.75 Å². The lowest BCUT2D eigenvalue weighted by molar-refractivity contribution is 0.529. The van der Waals surface area contributed by atoms with E-state index in [1.165, 1.54) is 11.8 Å². The zero-order chi connectivity index (χ0) is 14.3. The predicted octanol–water partition coefficient (Wildman–Crippen LogP) is 2.33. The summed E-state index contributed by atoms with van der Waals surface area (Å²) in [6.07, 6.45) is 0.973. The second-order valence-electron chi connectivity index (χ2n) is 4.60. The first kappa shape index (κ1) is 16.3. The van der Waals surface area contributed by atoms with Crippen LogP contribution in [0.5, 0.6) is 0 Å². The Morgan fingerprint density at radius 3 is 2.79 bits per heavy atom. The number of benzene rings is 1. The zero-order valence-corrected chi connectivity index (χ0v) is 13.1. The van der Waals surface area contributed by atoms with E-state index in [0.29, 0.717) is 23.9 Å². The largest absolute Gasteiger partial charge is 0.399 e.